The quantitative estimate of drug-likeness (QED) is 0.135. The van der Waals surface area contributed by atoms with Gasteiger partial charge in [-0.15, -0.1) is 22.1 Å². The average Bonchev–Trinajstić information content (AvgIpc) is 3.72. The third kappa shape index (κ3) is 6.62. The molecule has 3 aromatic heterocycles. The summed E-state index contributed by atoms with van der Waals surface area (Å²) in [6, 6.07) is 5.87. The summed E-state index contributed by atoms with van der Waals surface area (Å²) in [5.41, 5.74) is 13.7. The van der Waals surface area contributed by atoms with Crippen molar-refractivity contribution in [3.63, 3.8) is 0 Å². The second kappa shape index (κ2) is 14.7. The average molecular weight is 684 g/mol. The van der Waals surface area contributed by atoms with Gasteiger partial charge in [0.05, 0.1) is 37.0 Å². The van der Waals surface area contributed by atoms with Crippen molar-refractivity contribution < 1.29 is 40.9 Å². The molecule has 0 unspecified atom stereocenters. The van der Waals surface area contributed by atoms with Crippen LogP contribution in [-0.4, -0.2) is 42.4 Å². The van der Waals surface area contributed by atoms with E-state index >= 15 is 0 Å². The monoisotopic (exact) mass is 683 g/mol. The molecule has 0 spiro atoms. The molecule has 3 aromatic rings. The minimum atomic E-state index is -0.306. The van der Waals surface area contributed by atoms with Crippen molar-refractivity contribution in [1.29, 1.82) is 0 Å². The van der Waals surface area contributed by atoms with Gasteiger partial charge in [0.1, 0.15) is 0 Å². The van der Waals surface area contributed by atoms with E-state index in [4.69, 9.17) is 29.4 Å². The van der Waals surface area contributed by atoms with E-state index in [0.29, 0.717) is 47.2 Å². The summed E-state index contributed by atoms with van der Waals surface area (Å²) in [7, 11) is 2.76. The summed E-state index contributed by atoms with van der Waals surface area (Å²) in [4.78, 5) is 57.3. The summed E-state index contributed by atoms with van der Waals surface area (Å²) in [5, 5.41) is 0. The summed E-state index contributed by atoms with van der Waals surface area (Å²) >= 11 is 0. The van der Waals surface area contributed by atoms with Crippen molar-refractivity contribution >= 4 is 62.6 Å². The van der Waals surface area contributed by atoms with Gasteiger partial charge >= 0.3 is 29.0 Å². The Bertz CT molecular complexity index is 2000. The molecule has 5 heterocycles. The van der Waals surface area contributed by atoms with Crippen LogP contribution in [0.2, 0.25) is 0 Å². The molecule has 8 bridgehead atoms. The molecular formula is C37H40CuN4O5. The van der Waals surface area contributed by atoms with Crippen molar-refractivity contribution in [2.75, 3.05) is 14.2 Å². The second-order valence-electron chi connectivity index (χ2n) is 11.7. The fourth-order valence-corrected chi connectivity index (χ4v) is 6.51. The molecule has 0 fully saturated rings. The van der Waals surface area contributed by atoms with E-state index in [1.807, 2.05) is 45.9 Å². The normalized spacial score (nSPS) is 12.7. The Balaban J connectivity index is 0.00000500. The van der Waals surface area contributed by atoms with Crippen LogP contribution in [0.4, 0.5) is 0 Å². The first-order chi connectivity index (χ1) is 22.1. The molecule has 0 atom stereocenters. The van der Waals surface area contributed by atoms with Crippen LogP contribution in [0.15, 0.2) is 18.2 Å². The Morgan fingerprint density at radius 3 is 1.91 bits per heavy atom. The molecule has 249 valence electrons. The predicted molar refractivity (Wildman–Crippen MR) is 180 cm³/mol. The van der Waals surface area contributed by atoms with Gasteiger partial charge in [0, 0.05) is 18.4 Å². The number of methoxy groups -OCH3 is 2. The number of carbonyl (C=O) groups excluding carboxylic acids is 3. The van der Waals surface area contributed by atoms with E-state index in [-0.39, 0.29) is 41.8 Å². The molecule has 0 saturated heterocycles. The minimum absolute atomic E-state index is 0. The number of aryl methyl sites for hydroxylation is 4. The van der Waals surface area contributed by atoms with Gasteiger partial charge in [0.2, 0.25) is 0 Å². The smallest absolute Gasteiger partial charge is 0.657 e. The third-order valence-electron chi connectivity index (χ3n) is 9.25. The van der Waals surface area contributed by atoms with Crippen LogP contribution in [-0.2, 0) is 49.0 Å². The minimum Gasteiger partial charge on any atom is -0.657 e. The van der Waals surface area contributed by atoms with E-state index in [0.717, 1.165) is 79.7 Å². The number of esters is 2. The maximum Gasteiger partial charge on any atom is 2.00 e. The van der Waals surface area contributed by atoms with Gasteiger partial charge in [-0.2, -0.15) is 0 Å². The topological polar surface area (TPSA) is 124 Å². The third-order valence-corrected chi connectivity index (χ3v) is 9.25. The Labute approximate surface area is 285 Å². The van der Waals surface area contributed by atoms with Crippen molar-refractivity contribution in [3.05, 3.63) is 68.8 Å². The van der Waals surface area contributed by atoms with E-state index in [9.17, 15) is 14.4 Å². The Morgan fingerprint density at radius 1 is 0.723 bits per heavy atom. The van der Waals surface area contributed by atoms with Crippen LogP contribution in [0.3, 0.4) is 0 Å². The molecule has 5 rings (SSSR count). The summed E-state index contributed by atoms with van der Waals surface area (Å²) < 4.78 is 9.88. The summed E-state index contributed by atoms with van der Waals surface area (Å²) in [5.74, 6) is -0.612. The number of nitrogens with zero attached hydrogens (tertiary/aromatic N) is 4. The zero-order valence-corrected chi connectivity index (χ0v) is 29.1. The zero-order chi connectivity index (χ0) is 33.3. The number of carbonyl (C=O) groups is 3. The SMILES string of the molecule is CCC1=C(C)c2nc1cc1[n-]c(cc3nc(cc4[n-]c(c2C=O)c(CC)c4C)C(C)=C3CCC(=O)OC)c(CCC(=O)OC)c1C.[Cu+2]. The van der Waals surface area contributed by atoms with Crippen LogP contribution in [0.1, 0.15) is 109 Å². The summed E-state index contributed by atoms with van der Waals surface area (Å²) in [6.45, 7) is 12.2. The van der Waals surface area contributed by atoms with Gasteiger partial charge in [0.25, 0.3) is 0 Å². The van der Waals surface area contributed by atoms with Crippen molar-refractivity contribution in [2.45, 2.75) is 80.1 Å². The van der Waals surface area contributed by atoms with Crippen molar-refractivity contribution in [1.82, 2.24) is 19.9 Å². The molecule has 0 amide bonds. The van der Waals surface area contributed by atoms with Crippen LogP contribution in [0.25, 0.3) is 44.4 Å². The first-order valence-corrected chi connectivity index (χ1v) is 15.7. The predicted octanol–water partition coefficient (Wildman–Crippen LogP) is 6.89. The zero-order valence-electron chi connectivity index (χ0n) is 28.2. The number of aldehydes is 1. The van der Waals surface area contributed by atoms with Gasteiger partial charge in [-0.25, -0.2) is 9.97 Å². The molecule has 1 radical (unpaired) electrons. The molecular weight excluding hydrogens is 644 g/mol. The first-order valence-electron chi connectivity index (χ1n) is 15.7. The van der Waals surface area contributed by atoms with Gasteiger partial charge in [-0.05, 0) is 75.7 Å². The van der Waals surface area contributed by atoms with Crippen molar-refractivity contribution in [2.24, 2.45) is 0 Å². The first kappa shape index (κ1) is 35.6. The molecule has 47 heavy (non-hydrogen) atoms. The maximum absolute atomic E-state index is 12.8. The summed E-state index contributed by atoms with van der Waals surface area (Å²) in [6.07, 6.45) is 3.55. The molecule has 9 nitrogen and oxygen atoms in total. The molecule has 0 N–H and O–H groups in total. The van der Waals surface area contributed by atoms with Crippen molar-refractivity contribution in [3.8, 4) is 0 Å². The molecule has 0 aliphatic carbocycles. The molecule has 0 aromatic carbocycles. The van der Waals surface area contributed by atoms with Gasteiger partial charge < -0.3 is 19.4 Å². The van der Waals surface area contributed by atoms with Crippen LogP contribution in [0.5, 0.6) is 0 Å². The van der Waals surface area contributed by atoms with Gasteiger partial charge in [-0.3, -0.25) is 14.4 Å². The van der Waals surface area contributed by atoms with Gasteiger partial charge in [-0.1, -0.05) is 54.3 Å². The molecule has 10 heteroatoms. The Kier molecular flexibility index (Phi) is 11.1. The number of aromatic nitrogens is 4. The fourth-order valence-electron chi connectivity index (χ4n) is 6.51. The van der Waals surface area contributed by atoms with E-state index in [1.165, 1.54) is 14.2 Å². The van der Waals surface area contributed by atoms with E-state index < -0.39 is 0 Å². The molecule has 0 saturated carbocycles. The Morgan fingerprint density at radius 2 is 1.30 bits per heavy atom. The number of hydrogen-bond acceptors (Lipinski definition) is 7. The fraction of sp³-hybridized carbons (Fsp3) is 0.378. The largest absolute Gasteiger partial charge is 2.00 e. The number of fused-ring (bicyclic) bond motifs is 8. The van der Waals surface area contributed by atoms with E-state index in [2.05, 4.69) is 13.8 Å². The molecule has 2 aliphatic heterocycles. The number of rotatable bonds is 9. The number of hydrogen-bond donors (Lipinski definition) is 0. The number of allylic oxidation sites excluding steroid dienone is 4. The van der Waals surface area contributed by atoms with Crippen LogP contribution >= 0.6 is 0 Å². The second-order valence-corrected chi connectivity index (χ2v) is 11.7. The van der Waals surface area contributed by atoms with Gasteiger partial charge in [0.15, 0.2) is 6.29 Å². The maximum atomic E-state index is 12.8. The van der Waals surface area contributed by atoms with E-state index in [1.54, 1.807) is 0 Å². The standard InChI is InChI=1S/C37H41N4O5.Cu/c1-9-23-22(6)36-27(18-42)37-24(10-2)19(3)30(40-37)15-28-20(4)25(11-13-34(43)45-7)32(38-28)17-33-26(12-14-35(44)46-8)21(5)29(39-33)16-31(23)41-36;/h15-18H,9-14H2,1-8H3,(H-,38,39,40,41,42);/q-1;+2/p-1. The number of ether oxygens (including phenoxy) is 2. The van der Waals surface area contributed by atoms with Crippen LogP contribution < -0.4 is 9.97 Å². The Hall–Kier alpha value is -4.27. The van der Waals surface area contributed by atoms with Crippen LogP contribution in [0, 0.1) is 13.8 Å². The molecule has 2 aliphatic rings.